The van der Waals surface area contributed by atoms with Crippen LogP contribution in [0.4, 0.5) is 22.9 Å². The van der Waals surface area contributed by atoms with Crippen molar-refractivity contribution in [1.82, 2.24) is 14.1 Å². The summed E-state index contributed by atoms with van der Waals surface area (Å²) in [7, 11) is 0. The van der Waals surface area contributed by atoms with E-state index >= 15 is 0 Å². The molecule has 0 fully saturated rings. The van der Waals surface area contributed by atoms with Gasteiger partial charge in [-0.15, -0.1) is 6.07 Å². The molecule has 0 unspecified atom stereocenters. The molecule has 2 aromatic heterocycles. The summed E-state index contributed by atoms with van der Waals surface area (Å²) in [5, 5.41) is 0. The van der Waals surface area contributed by atoms with Crippen molar-refractivity contribution < 1.29 is 43.3 Å². The molecule has 0 N–H and O–H groups in total. The summed E-state index contributed by atoms with van der Waals surface area (Å²) < 4.78 is 137. The molecule has 0 bridgehead atoms. The van der Waals surface area contributed by atoms with Crippen molar-refractivity contribution >= 4 is 46.4 Å². The van der Waals surface area contributed by atoms with Gasteiger partial charge in [0.2, 0.25) is 0 Å². The zero-order chi connectivity index (χ0) is 62.7. The molecule has 3 aliphatic rings. The van der Waals surface area contributed by atoms with Gasteiger partial charge in [-0.2, -0.15) is 12.1 Å². The molecule has 3 aliphatic heterocycles. The fourth-order valence-corrected chi connectivity index (χ4v) is 12.3. The third-order valence-electron chi connectivity index (χ3n) is 14.5. The van der Waals surface area contributed by atoms with Crippen molar-refractivity contribution in [3.8, 4) is 78.6 Å². The maximum atomic E-state index is 9.34. The van der Waals surface area contributed by atoms with E-state index in [1.807, 2.05) is 105 Å². The average Bonchev–Trinajstić information content (AvgIpc) is 1.61. The quantitative estimate of drug-likeness (QED) is 0.118. The van der Waals surface area contributed by atoms with Crippen LogP contribution < -0.4 is 19.8 Å². The molecule has 0 aliphatic carbocycles. The number of hydrogen-bond acceptors (Lipinski definition) is 4. The Morgan fingerprint density at radius 1 is 0.600 bits per heavy atom. The van der Waals surface area contributed by atoms with E-state index in [1.165, 1.54) is 30.3 Å². The first-order chi connectivity index (χ1) is 42.2. The zero-order valence-electron chi connectivity index (χ0n) is 54.6. The standard InChI is InChI=1S/C67H50BN5O.Pt/c1-42-20-16-21-43(2)62(42)47-38-49(70-41-71(58-33-13-12-32-57(58)70)65-51(45-22-8-7-9-23-45)27-18-28-52(65)46-24-17-25-48(37-46)67(4,5)6)40-50(39-47)74-61-36-44(3)63-55-30-19-29-54-53-26-10-11-31-56(53)72-59-34-14-15-35-60(59)73(66(63)69-61)68(72)64(54)55;/h7-34,36-39H,1-6H3;/q-2;/i1D3,2D3,3D3,7D,8D,9D,22D,23D;. The molecule has 14 rings (SSSR count). The zero-order valence-corrected chi connectivity index (χ0v) is 42.9. The Morgan fingerprint density at radius 2 is 1.28 bits per heavy atom. The molecule has 0 spiro atoms. The molecule has 11 aromatic rings. The first-order valence-corrected chi connectivity index (χ1v) is 25.6. The molecule has 0 amide bonds. The Hall–Kier alpha value is -8.25. The van der Waals surface area contributed by atoms with Crippen LogP contribution in [0, 0.1) is 36.5 Å². The van der Waals surface area contributed by atoms with Gasteiger partial charge >= 0.3 is 400 Å². The summed E-state index contributed by atoms with van der Waals surface area (Å²) in [5.74, 6) is 0.0486. The van der Waals surface area contributed by atoms with Gasteiger partial charge in [0.15, 0.2) is 0 Å². The number of anilines is 4. The number of aryl methyl sites for hydroxylation is 3. The number of benzene rings is 9. The maximum absolute atomic E-state index is 9.34. The number of rotatable bonds is 7. The first kappa shape index (κ1) is 32.8. The molecular formula is C67H50BN5OPt-2. The van der Waals surface area contributed by atoms with Crippen LogP contribution in [-0.4, -0.2) is 21.1 Å². The van der Waals surface area contributed by atoms with Gasteiger partial charge in [-0.25, -0.2) is 0 Å². The normalized spacial score (nSPS) is 16.1. The van der Waals surface area contributed by atoms with E-state index in [2.05, 4.69) is 75.3 Å². The molecule has 364 valence electrons. The molecule has 5 heterocycles. The van der Waals surface area contributed by atoms with Crippen molar-refractivity contribution in [3.05, 3.63) is 232 Å². The van der Waals surface area contributed by atoms with Gasteiger partial charge < -0.3 is 0 Å². The van der Waals surface area contributed by atoms with Crippen LogP contribution in [0.25, 0.3) is 78.0 Å². The predicted octanol–water partition coefficient (Wildman–Crippen LogP) is 16.2. The van der Waals surface area contributed by atoms with Crippen LogP contribution in [0.5, 0.6) is 11.6 Å². The van der Waals surface area contributed by atoms with Crippen LogP contribution in [0.2, 0.25) is 0 Å². The van der Waals surface area contributed by atoms with Gasteiger partial charge in [0.05, 0.1) is 0 Å². The second-order valence-electron chi connectivity index (χ2n) is 19.9. The molecule has 75 heavy (non-hydrogen) atoms. The Bertz CT molecular complexity index is 4850. The Morgan fingerprint density at radius 3 is 2.07 bits per heavy atom. The molecule has 0 saturated carbocycles. The molecule has 9 aromatic carbocycles. The third-order valence-corrected chi connectivity index (χ3v) is 15.5. The summed E-state index contributed by atoms with van der Waals surface area (Å²) in [6.07, 6.45) is 0. The van der Waals surface area contributed by atoms with E-state index in [4.69, 9.17) is 22.1 Å². The summed E-state index contributed by atoms with van der Waals surface area (Å²) in [6.45, 7) is -2.59. The van der Waals surface area contributed by atoms with E-state index in [0.29, 0.717) is 48.5 Å². The number of hydrogen-bond donors (Lipinski definition) is 0. The Labute approximate surface area is 469 Å². The number of imidazole rings is 1. The van der Waals surface area contributed by atoms with E-state index in [9.17, 15) is 6.85 Å². The fraction of sp³-hybridized carbons (Fsp3) is 0.104. The van der Waals surface area contributed by atoms with Gasteiger partial charge in [-0.3, -0.25) is 0 Å². The molecule has 0 radical (unpaired) electrons. The van der Waals surface area contributed by atoms with Crippen molar-refractivity contribution in [1.29, 1.82) is 0 Å². The van der Waals surface area contributed by atoms with E-state index in [1.54, 1.807) is 24.3 Å². The first-order valence-electron chi connectivity index (χ1n) is 31.5. The monoisotopic (exact) mass is 1160 g/mol. The van der Waals surface area contributed by atoms with Crippen LogP contribution in [0.1, 0.15) is 62.2 Å². The Balaban J connectivity index is 1.05. The van der Waals surface area contributed by atoms with Crippen molar-refractivity contribution in [3.63, 3.8) is 0 Å². The van der Waals surface area contributed by atoms with E-state index in [0.717, 1.165) is 39.1 Å². The minimum atomic E-state index is -2.83. The van der Waals surface area contributed by atoms with Gasteiger partial charge in [-0.05, 0) is 11.6 Å². The topological polar surface area (TPSA) is 38.5 Å². The van der Waals surface area contributed by atoms with E-state index in [-0.39, 0.29) is 61.9 Å². The van der Waals surface area contributed by atoms with Crippen LogP contribution in [0.3, 0.4) is 0 Å². The summed E-state index contributed by atoms with van der Waals surface area (Å²) in [6, 6.07) is 53.8. The molecule has 6 nitrogen and oxygen atoms in total. The molecular weight excluding hydrogens is 1100 g/mol. The number of nitrogens with zero attached hydrogens (tertiary/aromatic N) is 5. The molecule has 0 atom stereocenters. The number of ether oxygens (including phenoxy) is 1. The van der Waals surface area contributed by atoms with Crippen molar-refractivity contribution in [2.45, 2.75) is 46.7 Å². The number of fused-ring (bicyclic) bond motifs is 10. The van der Waals surface area contributed by atoms with Gasteiger partial charge in [0.25, 0.3) is 0 Å². The molecule has 8 heteroatoms. The summed E-state index contributed by atoms with van der Waals surface area (Å²) in [5.41, 5.74) is 10.1. The second-order valence-corrected chi connectivity index (χ2v) is 20.9. The van der Waals surface area contributed by atoms with Crippen molar-refractivity contribution in [2.75, 3.05) is 9.62 Å². The van der Waals surface area contributed by atoms with Crippen LogP contribution in [0.15, 0.2) is 194 Å². The van der Waals surface area contributed by atoms with E-state index < -0.39 is 57.8 Å². The van der Waals surface area contributed by atoms with Crippen LogP contribution >= 0.6 is 0 Å². The molecule has 0 saturated heterocycles. The predicted molar refractivity (Wildman–Crippen MR) is 304 cm³/mol. The van der Waals surface area contributed by atoms with Crippen LogP contribution in [-0.2, 0) is 24.8 Å². The fourth-order valence-electron chi connectivity index (χ4n) is 11.3. The summed E-state index contributed by atoms with van der Waals surface area (Å²) in [4.78, 5) is 9.47. The van der Waals surface area contributed by atoms with Crippen molar-refractivity contribution in [2.24, 2.45) is 0 Å². The SMILES string of the molecule is [2H]c1c([2H])c([2H])c(-c2cccc(-c3cccc(C(C)(C)C)c3)c2-n2[c](=[Pt])n(-c3[c-]c(Oc4cc(C([2H])([2H])[2H])c5c(n4)N4B6c7c(cccc7-5)-c5ccccc5N6c5ccc[c-]c54)cc(-c4c(C([2H])([2H])[2H])cccc4C([2H])([2H])[2H])c3)c3ccccc32)c([2H])c1[2H]. The number of para-hydroxylation sites is 5. The second kappa shape index (κ2) is 17.2. The average molecular weight is 1160 g/mol. The number of aromatic nitrogens is 3. The van der Waals surface area contributed by atoms with Gasteiger partial charge in [0, 0.05) is 11.3 Å². The summed E-state index contributed by atoms with van der Waals surface area (Å²) >= 11 is 2.16. The Kier molecular flexibility index (Phi) is 7.51. The van der Waals surface area contributed by atoms with Gasteiger partial charge in [0.1, 0.15) is 0 Å². The number of pyridine rings is 1. The van der Waals surface area contributed by atoms with Gasteiger partial charge in [-0.1, -0.05) is 30.3 Å². The minimum absolute atomic E-state index is 0.0304. The third kappa shape index (κ3) is 7.05.